The maximum atomic E-state index is 13.3. The first-order chi connectivity index (χ1) is 13.3. The van der Waals surface area contributed by atoms with Gasteiger partial charge in [0.2, 0.25) is 5.82 Å². The van der Waals surface area contributed by atoms with Crippen molar-refractivity contribution in [2.45, 2.75) is 6.18 Å². The van der Waals surface area contributed by atoms with Crippen LogP contribution in [0.5, 0.6) is 0 Å². The number of aromatic amines is 1. The maximum absolute atomic E-state index is 13.3. The Labute approximate surface area is 156 Å². The molecule has 0 radical (unpaired) electrons. The zero-order chi connectivity index (χ0) is 19.9. The molecule has 1 amide bonds. The van der Waals surface area contributed by atoms with Crippen LogP contribution in [-0.4, -0.2) is 30.6 Å². The van der Waals surface area contributed by atoms with Gasteiger partial charge in [-0.15, -0.1) is 0 Å². The van der Waals surface area contributed by atoms with Crippen molar-refractivity contribution in [3.05, 3.63) is 60.3 Å². The number of nitrogens with zero attached hydrogens (tertiary/aromatic N) is 4. The normalized spacial score (nSPS) is 11.7. The molecule has 1 aromatic carbocycles. The molecule has 0 bridgehead atoms. The minimum atomic E-state index is -4.48. The van der Waals surface area contributed by atoms with E-state index >= 15 is 0 Å². The van der Waals surface area contributed by atoms with Crippen LogP contribution in [0.15, 0.2) is 48.9 Å². The summed E-state index contributed by atoms with van der Waals surface area (Å²) in [5.74, 6) is -0.360. The van der Waals surface area contributed by atoms with E-state index in [4.69, 9.17) is 0 Å². The molecule has 0 atom stereocenters. The van der Waals surface area contributed by atoms with E-state index in [-0.39, 0.29) is 17.1 Å². The molecule has 7 nitrogen and oxygen atoms in total. The fourth-order valence-corrected chi connectivity index (χ4v) is 2.88. The highest BCUT2D eigenvalue weighted by atomic mass is 19.4. The van der Waals surface area contributed by atoms with Gasteiger partial charge >= 0.3 is 6.18 Å². The minimum Gasteiger partial charge on any atom is -0.353 e. The van der Waals surface area contributed by atoms with Gasteiger partial charge in [-0.25, -0.2) is 9.67 Å². The Kier molecular flexibility index (Phi) is 4.10. The van der Waals surface area contributed by atoms with Gasteiger partial charge in [-0.05, 0) is 18.2 Å². The average molecular weight is 386 g/mol. The number of nitrogens with one attached hydrogen (secondary N) is 2. The number of hydrogen-bond acceptors (Lipinski definition) is 4. The van der Waals surface area contributed by atoms with Crippen LogP contribution in [0.4, 0.5) is 18.9 Å². The van der Waals surface area contributed by atoms with Gasteiger partial charge in [-0.2, -0.15) is 18.3 Å². The van der Waals surface area contributed by atoms with E-state index in [9.17, 15) is 18.0 Å². The first kappa shape index (κ1) is 17.7. The number of alkyl halides is 3. The smallest absolute Gasteiger partial charge is 0.353 e. The average Bonchev–Trinajstić information content (AvgIpc) is 3.26. The lowest BCUT2D eigenvalue weighted by molar-refractivity contribution is -0.137. The molecule has 2 N–H and O–H groups in total. The van der Waals surface area contributed by atoms with E-state index in [1.807, 2.05) is 0 Å². The van der Waals surface area contributed by atoms with E-state index in [2.05, 4.69) is 25.4 Å². The Bertz CT molecular complexity index is 1180. The Morgan fingerprint density at radius 3 is 2.68 bits per heavy atom. The minimum absolute atomic E-state index is 0.0256. The number of hydrogen-bond donors (Lipinski definition) is 2. The van der Waals surface area contributed by atoms with E-state index < -0.39 is 17.6 Å². The largest absolute Gasteiger partial charge is 0.417 e. The lowest BCUT2D eigenvalue weighted by Crippen LogP contribution is -2.17. The summed E-state index contributed by atoms with van der Waals surface area (Å²) in [7, 11) is 1.58. The molecule has 0 fully saturated rings. The van der Waals surface area contributed by atoms with E-state index in [0.717, 1.165) is 6.07 Å². The number of benzene rings is 1. The Balaban J connectivity index is 1.68. The van der Waals surface area contributed by atoms with Crippen LogP contribution in [0.3, 0.4) is 0 Å². The van der Waals surface area contributed by atoms with Crippen LogP contribution in [0.2, 0.25) is 0 Å². The molecule has 10 heteroatoms. The summed E-state index contributed by atoms with van der Waals surface area (Å²) in [5.41, 5.74) is 0.909. The summed E-state index contributed by atoms with van der Waals surface area (Å²) >= 11 is 0. The molecule has 0 saturated heterocycles. The molecule has 0 aliphatic heterocycles. The van der Waals surface area contributed by atoms with E-state index in [1.165, 1.54) is 41.5 Å². The number of amides is 1. The van der Waals surface area contributed by atoms with Gasteiger partial charge in [0, 0.05) is 18.3 Å². The van der Waals surface area contributed by atoms with Crippen molar-refractivity contribution < 1.29 is 18.0 Å². The molecule has 0 unspecified atom stereocenters. The lowest BCUT2D eigenvalue weighted by atomic mass is 10.0. The van der Waals surface area contributed by atoms with Crippen LogP contribution < -0.4 is 5.32 Å². The highest BCUT2D eigenvalue weighted by Crippen LogP contribution is 2.37. The van der Waals surface area contributed by atoms with Gasteiger partial charge in [0.05, 0.1) is 28.5 Å². The predicted octanol–water partition coefficient (Wildman–Crippen LogP) is 3.63. The molecule has 0 spiro atoms. The second kappa shape index (κ2) is 6.48. The van der Waals surface area contributed by atoms with Crippen molar-refractivity contribution in [3.8, 4) is 11.3 Å². The standard InChI is InChI=1S/C18H13F3N6O/c1-27-16(23-9-24-27)17(28)25-10-6-15-14(22-8-10)7-13(26-15)11-4-2-3-5-12(11)18(19,20)21/h2-9,26H,1H3,(H,25,28). The number of carbonyl (C=O) groups excluding carboxylic acids is 1. The number of H-pyrrole nitrogens is 1. The molecule has 3 heterocycles. The second-order valence-electron chi connectivity index (χ2n) is 6.04. The summed E-state index contributed by atoms with van der Waals surface area (Å²) in [5, 5.41) is 6.46. The molecule has 142 valence electrons. The predicted molar refractivity (Wildman–Crippen MR) is 95.5 cm³/mol. The lowest BCUT2D eigenvalue weighted by Gasteiger charge is -2.11. The Morgan fingerprint density at radius 1 is 1.18 bits per heavy atom. The quantitative estimate of drug-likeness (QED) is 0.563. The molecule has 0 aliphatic rings. The van der Waals surface area contributed by atoms with E-state index in [0.29, 0.717) is 16.7 Å². The van der Waals surface area contributed by atoms with Crippen molar-refractivity contribution in [1.29, 1.82) is 0 Å². The number of aromatic nitrogens is 5. The van der Waals surface area contributed by atoms with Gasteiger partial charge in [0.25, 0.3) is 5.91 Å². The SMILES string of the molecule is Cn1ncnc1C(=O)Nc1cnc2cc(-c3ccccc3C(F)(F)F)[nH]c2c1. The van der Waals surface area contributed by atoms with Crippen LogP contribution in [0.25, 0.3) is 22.3 Å². The third-order valence-electron chi connectivity index (χ3n) is 4.16. The summed E-state index contributed by atoms with van der Waals surface area (Å²) in [4.78, 5) is 23.2. The molecular weight excluding hydrogens is 373 g/mol. The van der Waals surface area contributed by atoms with Gasteiger partial charge in [0.1, 0.15) is 6.33 Å². The zero-order valence-corrected chi connectivity index (χ0v) is 14.4. The van der Waals surface area contributed by atoms with Crippen molar-refractivity contribution >= 4 is 22.6 Å². The van der Waals surface area contributed by atoms with Crippen molar-refractivity contribution in [3.63, 3.8) is 0 Å². The molecule has 0 saturated carbocycles. The van der Waals surface area contributed by atoms with Gasteiger partial charge in [-0.1, -0.05) is 18.2 Å². The highest BCUT2D eigenvalue weighted by Gasteiger charge is 2.33. The number of carbonyl (C=O) groups is 1. The number of halogens is 3. The van der Waals surface area contributed by atoms with Crippen LogP contribution in [-0.2, 0) is 13.2 Å². The van der Waals surface area contributed by atoms with Crippen molar-refractivity contribution in [2.24, 2.45) is 7.05 Å². The molecule has 3 aromatic heterocycles. The molecule has 0 aliphatic carbocycles. The fraction of sp³-hybridized carbons (Fsp3) is 0.111. The molecule has 4 aromatic rings. The monoisotopic (exact) mass is 386 g/mol. The number of aryl methyl sites for hydroxylation is 1. The molecule has 4 rings (SSSR count). The molecular formula is C18H13F3N6O. The summed E-state index contributed by atoms with van der Waals surface area (Å²) in [6.45, 7) is 0. The number of fused-ring (bicyclic) bond motifs is 1. The van der Waals surface area contributed by atoms with Gasteiger partial charge in [-0.3, -0.25) is 9.78 Å². The van der Waals surface area contributed by atoms with Crippen molar-refractivity contribution in [2.75, 3.05) is 5.32 Å². The Morgan fingerprint density at radius 2 is 1.96 bits per heavy atom. The van der Waals surface area contributed by atoms with Crippen molar-refractivity contribution in [1.82, 2.24) is 24.7 Å². The Hall–Kier alpha value is -3.69. The van der Waals surface area contributed by atoms with Crippen LogP contribution in [0.1, 0.15) is 16.2 Å². The van der Waals surface area contributed by atoms with Gasteiger partial charge < -0.3 is 10.3 Å². The zero-order valence-electron chi connectivity index (χ0n) is 14.4. The summed E-state index contributed by atoms with van der Waals surface area (Å²) in [6.07, 6.45) is -1.80. The first-order valence-electron chi connectivity index (χ1n) is 8.13. The summed E-state index contributed by atoms with van der Waals surface area (Å²) in [6, 6.07) is 8.43. The van der Waals surface area contributed by atoms with E-state index in [1.54, 1.807) is 13.1 Å². The fourth-order valence-electron chi connectivity index (χ4n) is 2.88. The molecule has 28 heavy (non-hydrogen) atoms. The number of rotatable bonds is 3. The number of anilines is 1. The first-order valence-corrected chi connectivity index (χ1v) is 8.13. The van der Waals surface area contributed by atoms with Crippen LogP contribution >= 0.6 is 0 Å². The number of pyridine rings is 1. The third kappa shape index (κ3) is 3.20. The summed E-state index contributed by atoms with van der Waals surface area (Å²) < 4.78 is 41.1. The maximum Gasteiger partial charge on any atom is 0.417 e. The second-order valence-corrected chi connectivity index (χ2v) is 6.04. The topological polar surface area (TPSA) is 88.5 Å². The van der Waals surface area contributed by atoms with Crippen LogP contribution in [0, 0.1) is 0 Å². The van der Waals surface area contributed by atoms with Gasteiger partial charge in [0.15, 0.2) is 0 Å². The highest BCUT2D eigenvalue weighted by molar-refractivity contribution is 6.02. The third-order valence-corrected chi connectivity index (χ3v) is 4.16.